The van der Waals surface area contributed by atoms with E-state index in [4.69, 9.17) is 0 Å². The minimum absolute atomic E-state index is 0.148. The average molecular weight is 298 g/mol. The summed E-state index contributed by atoms with van der Waals surface area (Å²) in [6.45, 7) is 1.94. The van der Waals surface area contributed by atoms with Crippen molar-refractivity contribution in [1.82, 2.24) is 10.3 Å². The normalized spacial score (nSPS) is 15.9. The van der Waals surface area contributed by atoms with Gasteiger partial charge in [0.15, 0.2) is 0 Å². The van der Waals surface area contributed by atoms with Gasteiger partial charge in [-0.2, -0.15) is 0 Å². The number of aromatic nitrogens is 1. The Morgan fingerprint density at radius 2 is 2.18 bits per heavy atom. The molecule has 2 rings (SSSR count). The monoisotopic (exact) mass is 297 g/mol. The van der Waals surface area contributed by atoms with Crippen LogP contribution in [0.25, 0.3) is 0 Å². The first-order chi connectivity index (χ1) is 8.15. The summed E-state index contributed by atoms with van der Waals surface area (Å²) >= 11 is 3.32. The summed E-state index contributed by atoms with van der Waals surface area (Å²) in [5, 5.41) is 5.79. The molecule has 0 aliphatic heterocycles. The Balaban J connectivity index is 1.95. The van der Waals surface area contributed by atoms with E-state index in [0.717, 1.165) is 18.4 Å². The van der Waals surface area contributed by atoms with E-state index in [9.17, 15) is 4.79 Å². The Morgan fingerprint density at radius 3 is 2.88 bits per heavy atom. The minimum atomic E-state index is -0.148. The third-order valence-electron chi connectivity index (χ3n) is 2.91. The molecule has 17 heavy (non-hydrogen) atoms. The summed E-state index contributed by atoms with van der Waals surface area (Å²) in [5.41, 5.74) is 1.73. The summed E-state index contributed by atoms with van der Waals surface area (Å²) < 4.78 is 0.657. The highest BCUT2D eigenvalue weighted by Crippen LogP contribution is 2.21. The van der Waals surface area contributed by atoms with Gasteiger partial charge in [0.2, 0.25) is 0 Å². The van der Waals surface area contributed by atoms with Crippen LogP contribution in [0.2, 0.25) is 0 Å². The van der Waals surface area contributed by atoms with E-state index in [1.54, 1.807) is 6.20 Å². The van der Waals surface area contributed by atoms with Crippen LogP contribution in [0.1, 0.15) is 31.2 Å². The molecule has 0 aromatic carbocycles. The second-order valence-electron chi connectivity index (χ2n) is 4.43. The molecule has 1 aromatic rings. The molecule has 1 saturated carbocycles. The van der Waals surface area contributed by atoms with Gasteiger partial charge in [0, 0.05) is 12.2 Å². The van der Waals surface area contributed by atoms with Crippen molar-refractivity contribution >= 4 is 27.6 Å². The van der Waals surface area contributed by atoms with Gasteiger partial charge in [-0.05, 0) is 47.3 Å². The van der Waals surface area contributed by atoms with Crippen molar-refractivity contribution in [2.75, 3.05) is 5.32 Å². The first kappa shape index (κ1) is 12.4. The fourth-order valence-electron chi connectivity index (χ4n) is 2.05. The lowest BCUT2D eigenvalue weighted by atomic mass is 10.2. The topological polar surface area (TPSA) is 54.0 Å². The van der Waals surface area contributed by atoms with Gasteiger partial charge >= 0.3 is 6.03 Å². The molecule has 0 bridgehead atoms. The lowest BCUT2D eigenvalue weighted by Crippen LogP contribution is -2.36. The zero-order chi connectivity index (χ0) is 12.3. The van der Waals surface area contributed by atoms with E-state index >= 15 is 0 Å². The third-order valence-corrected chi connectivity index (χ3v) is 3.55. The SMILES string of the molecule is Cc1cnc(Br)c(NC(=O)NC2CCCC2)c1. The van der Waals surface area contributed by atoms with Gasteiger partial charge in [-0.3, -0.25) is 0 Å². The van der Waals surface area contributed by atoms with E-state index in [2.05, 4.69) is 31.5 Å². The molecule has 1 heterocycles. The van der Waals surface area contributed by atoms with Gasteiger partial charge in [0.05, 0.1) is 5.69 Å². The van der Waals surface area contributed by atoms with Crippen LogP contribution >= 0.6 is 15.9 Å². The van der Waals surface area contributed by atoms with Crippen LogP contribution in [0.4, 0.5) is 10.5 Å². The van der Waals surface area contributed by atoms with Crippen LogP contribution in [0.15, 0.2) is 16.9 Å². The number of hydrogen-bond donors (Lipinski definition) is 2. The molecule has 4 nitrogen and oxygen atoms in total. The highest BCUT2D eigenvalue weighted by molar-refractivity contribution is 9.10. The van der Waals surface area contributed by atoms with E-state index in [1.807, 2.05) is 13.0 Å². The molecule has 1 aliphatic carbocycles. The number of nitrogens with zero attached hydrogens (tertiary/aromatic N) is 1. The van der Waals surface area contributed by atoms with Gasteiger partial charge in [-0.1, -0.05) is 12.8 Å². The quantitative estimate of drug-likeness (QED) is 0.824. The number of urea groups is 1. The fourth-order valence-corrected chi connectivity index (χ4v) is 2.37. The highest BCUT2D eigenvalue weighted by atomic mass is 79.9. The van der Waals surface area contributed by atoms with Gasteiger partial charge < -0.3 is 10.6 Å². The van der Waals surface area contributed by atoms with Crippen LogP contribution in [-0.2, 0) is 0 Å². The number of anilines is 1. The number of halogens is 1. The molecule has 5 heteroatoms. The molecule has 1 fully saturated rings. The first-order valence-electron chi connectivity index (χ1n) is 5.85. The molecule has 0 atom stereocenters. The Morgan fingerprint density at radius 1 is 1.47 bits per heavy atom. The van der Waals surface area contributed by atoms with E-state index < -0.39 is 0 Å². The number of nitrogens with one attached hydrogen (secondary N) is 2. The summed E-state index contributed by atoms with van der Waals surface area (Å²) in [4.78, 5) is 15.9. The molecule has 0 radical (unpaired) electrons. The Bertz CT molecular complexity index is 416. The number of carbonyl (C=O) groups is 1. The van der Waals surface area contributed by atoms with Crippen LogP contribution in [0, 0.1) is 6.92 Å². The standard InChI is InChI=1S/C12H16BrN3O/c1-8-6-10(11(13)14-7-8)16-12(17)15-9-4-2-3-5-9/h6-7,9H,2-5H2,1H3,(H2,15,16,17). The largest absolute Gasteiger partial charge is 0.335 e. The lowest BCUT2D eigenvalue weighted by molar-refractivity contribution is 0.248. The van der Waals surface area contributed by atoms with Crippen molar-refractivity contribution in [1.29, 1.82) is 0 Å². The Labute approximate surface area is 109 Å². The van der Waals surface area contributed by atoms with Crippen LogP contribution in [-0.4, -0.2) is 17.1 Å². The van der Waals surface area contributed by atoms with Crippen molar-refractivity contribution < 1.29 is 4.79 Å². The number of rotatable bonds is 2. The molecule has 0 saturated heterocycles. The molecule has 1 aliphatic rings. The van der Waals surface area contributed by atoms with Crippen molar-refractivity contribution in [3.8, 4) is 0 Å². The first-order valence-corrected chi connectivity index (χ1v) is 6.64. The smallest absolute Gasteiger partial charge is 0.319 e. The summed E-state index contributed by atoms with van der Waals surface area (Å²) in [6.07, 6.45) is 6.34. The van der Waals surface area contributed by atoms with Crippen molar-refractivity contribution in [3.05, 3.63) is 22.4 Å². The van der Waals surface area contributed by atoms with Crippen molar-refractivity contribution in [2.24, 2.45) is 0 Å². The Hall–Kier alpha value is -1.10. The van der Waals surface area contributed by atoms with E-state index in [0.29, 0.717) is 16.3 Å². The minimum Gasteiger partial charge on any atom is -0.335 e. The maximum absolute atomic E-state index is 11.8. The number of aryl methyl sites for hydroxylation is 1. The second-order valence-corrected chi connectivity index (χ2v) is 5.18. The lowest BCUT2D eigenvalue weighted by Gasteiger charge is -2.13. The van der Waals surface area contributed by atoms with Gasteiger partial charge in [0.25, 0.3) is 0 Å². The van der Waals surface area contributed by atoms with Crippen molar-refractivity contribution in [2.45, 2.75) is 38.6 Å². The van der Waals surface area contributed by atoms with Gasteiger partial charge in [-0.15, -0.1) is 0 Å². The highest BCUT2D eigenvalue weighted by Gasteiger charge is 2.17. The third kappa shape index (κ3) is 3.43. The average Bonchev–Trinajstić information content (AvgIpc) is 2.76. The summed E-state index contributed by atoms with van der Waals surface area (Å²) in [7, 11) is 0. The Kier molecular flexibility index (Phi) is 3.99. The molecule has 2 N–H and O–H groups in total. The van der Waals surface area contributed by atoms with Crippen LogP contribution < -0.4 is 10.6 Å². The van der Waals surface area contributed by atoms with Crippen LogP contribution in [0.3, 0.4) is 0 Å². The molecule has 1 aromatic heterocycles. The van der Waals surface area contributed by atoms with Crippen molar-refractivity contribution in [3.63, 3.8) is 0 Å². The maximum atomic E-state index is 11.8. The summed E-state index contributed by atoms with van der Waals surface area (Å²) in [5.74, 6) is 0. The number of amides is 2. The fraction of sp³-hybridized carbons (Fsp3) is 0.500. The number of pyridine rings is 1. The predicted octanol–water partition coefficient (Wildman–Crippen LogP) is 3.22. The second kappa shape index (κ2) is 5.49. The summed E-state index contributed by atoms with van der Waals surface area (Å²) in [6, 6.07) is 2.07. The zero-order valence-corrected chi connectivity index (χ0v) is 11.4. The molecular formula is C12H16BrN3O. The molecular weight excluding hydrogens is 282 g/mol. The molecule has 92 valence electrons. The maximum Gasteiger partial charge on any atom is 0.319 e. The molecule has 0 spiro atoms. The number of carbonyl (C=O) groups excluding carboxylic acids is 1. The zero-order valence-electron chi connectivity index (χ0n) is 9.79. The number of hydrogen-bond acceptors (Lipinski definition) is 2. The van der Waals surface area contributed by atoms with Crippen LogP contribution in [0.5, 0.6) is 0 Å². The van der Waals surface area contributed by atoms with E-state index in [1.165, 1.54) is 12.8 Å². The van der Waals surface area contributed by atoms with E-state index in [-0.39, 0.29) is 6.03 Å². The molecule has 0 unspecified atom stereocenters. The predicted molar refractivity (Wildman–Crippen MR) is 71.1 cm³/mol. The van der Waals surface area contributed by atoms with Gasteiger partial charge in [-0.25, -0.2) is 9.78 Å². The molecule has 2 amide bonds. The van der Waals surface area contributed by atoms with Gasteiger partial charge in [0.1, 0.15) is 4.60 Å².